The summed E-state index contributed by atoms with van der Waals surface area (Å²) in [5.74, 6) is 0. The quantitative estimate of drug-likeness (QED) is 0.147. The first kappa shape index (κ1) is 48.7. The highest BCUT2D eigenvalue weighted by Crippen LogP contribution is 2.53. The largest absolute Gasteiger partial charge is 0.311 e. The van der Waals surface area contributed by atoms with Gasteiger partial charge < -0.3 is 9.80 Å². The summed E-state index contributed by atoms with van der Waals surface area (Å²) in [7, 11) is 0. The zero-order valence-corrected chi connectivity index (χ0v) is 46.1. The highest BCUT2D eigenvalue weighted by atomic mass is 15.2. The van der Waals surface area contributed by atoms with Gasteiger partial charge in [-0.2, -0.15) is 0 Å². The molecule has 73 heavy (non-hydrogen) atoms. The zero-order valence-electron chi connectivity index (χ0n) is 46.1. The lowest BCUT2D eigenvalue weighted by Crippen LogP contribution is -2.62. The molecule has 3 aliphatic rings. The van der Waals surface area contributed by atoms with Gasteiger partial charge in [0, 0.05) is 44.8 Å². The Bertz CT molecular complexity index is 3400. The Kier molecular flexibility index (Phi) is 11.3. The summed E-state index contributed by atoms with van der Waals surface area (Å²) < 4.78 is 0. The Morgan fingerprint density at radius 1 is 0.370 bits per heavy atom. The van der Waals surface area contributed by atoms with Crippen molar-refractivity contribution in [1.82, 2.24) is 0 Å². The maximum atomic E-state index is 2.71. The maximum absolute atomic E-state index is 2.71. The van der Waals surface area contributed by atoms with Gasteiger partial charge in [-0.05, 0) is 149 Å². The fourth-order valence-electron chi connectivity index (χ4n) is 12.5. The van der Waals surface area contributed by atoms with Crippen LogP contribution in [0.4, 0.5) is 34.1 Å². The fraction of sp³-hybridized carbons (Fsp3) is 0.314. The fourth-order valence-corrected chi connectivity index (χ4v) is 12.5. The molecule has 2 heterocycles. The molecule has 1 aliphatic carbocycles. The summed E-state index contributed by atoms with van der Waals surface area (Å²) in [4.78, 5) is 5.33. The molecule has 368 valence electrons. The van der Waals surface area contributed by atoms with Crippen molar-refractivity contribution in [3.8, 4) is 11.1 Å². The third-order valence-corrected chi connectivity index (χ3v) is 17.7. The number of hydrogen-bond acceptors (Lipinski definition) is 2. The summed E-state index contributed by atoms with van der Waals surface area (Å²) >= 11 is 0. The van der Waals surface area contributed by atoms with Crippen LogP contribution in [-0.4, -0.2) is 6.71 Å². The van der Waals surface area contributed by atoms with Gasteiger partial charge in [-0.25, -0.2) is 0 Å². The third-order valence-electron chi connectivity index (χ3n) is 17.7. The molecule has 11 rings (SSSR count). The number of rotatable bonds is 7. The number of benzene rings is 8. The van der Waals surface area contributed by atoms with E-state index in [2.05, 4.69) is 283 Å². The molecule has 2 nitrogen and oxygen atoms in total. The zero-order chi connectivity index (χ0) is 51.6. The van der Waals surface area contributed by atoms with Crippen LogP contribution in [0.1, 0.15) is 154 Å². The van der Waals surface area contributed by atoms with E-state index in [-0.39, 0.29) is 39.2 Å². The summed E-state index contributed by atoms with van der Waals surface area (Å²) in [5.41, 5.74) is 24.3. The molecule has 0 saturated heterocycles. The van der Waals surface area contributed by atoms with E-state index in [0.29, 0.717) is 0 Å². The number of hydrogen-bond donors (Lipinski definition) is 0. The molecule has 3 heteroatoms. The van der Waals surface area contributed by atoms with E-state index in [1.165, 1.54) is 106 Å². The van der Waals surface area contributed by atoms with Crippen LogP contribution in [0.5, 0.6) is 0 Å². The van der Waals surface area contributed by atoms with Gasteiger partial charge in [-0.15, -0.1) is 0 Å². The standard InChI is InChI=1S/C70H75BN2/c1-65(2,3)50-32-36-59(54(40-50)46-24-18-15-19-25-46)73-61-45-56-55(67(7,8)38-39-68(56,9)10)44-58(61)71-57-41-51(70(13,14)48-28-22-17-23-29-48)33-37-60(57)72(62-42-52(66(4,5)6)43-63(73)64(62)71)53-34-30-49(31-35-53)69(11,12)47-26-20-16-21-27-47/h15-37,40-45H,38-39H2,1-14H3. The molecule has 0 aromatic heterocycles. The first-order valence-electron chi connectivity index (χ1n) is 27.0. The summed E-state index contributed by atoms with van der Waals surface area (Å²) in [6, 6.07) is 68.0. The molecular formula is C70H75BN2. The van der Waals surface area contributed by atoms with Gasteiger partial charge in [0.1, 0.15) is 0 Å². The van der Waals surface area contributed by atoms with Crippen molar-refractivity contribution in [2.45, 2.75) is 142 Å². The Balaban J connectivity index is 1.26. The van der Waals surface area contributed by atoms with Gasteiger partial charge >= 0.3 is 0 Å². The van der Waals surface area contributed by atoms with Gasteiger partial charge in [0.15, 0.2) is 0 Å². The SMILES string of the molecule is CC(C)(C)c1ccc(N2c3cc4c(cc3B3c5cc(C(C)(C)c6ccccc6)ccc5N(c5ccc(C(C)(C)c6ccccc6)cc5)c5cc(C(C)(C)C)cc2c53)C(C)(C)CCC4(C)C)c(-c2ccccc2)c1. The minimum atomic E-state index is -0.240. The molecule has 2 aliphatic heterocycles. The van der Waals surface area contributed by atoms with E-state index in [9.17, 15) is 0 Å². The van der Waals surface area contributed by atoms with Crippen molar-refractivity contribution in [3.05, 3.63) is 220 Å². The van der Waals surface area contributed by atoms with Crippen LogP contribution < -0.4 is 26.2 Å². The lowest BCUT2D eigenvalue weighted by atomic mass is 9.32. The highest BCUT2D eigenvalue weighted by molar-refractivity contribution is 7.00. The van der Waals surface area contributed by atoms with Crippen molar-refractivity contribution < 1.29 is 0 Å². The van der Waals surface area contributed by atoms with E-state index < -0.39 is 0 Å². The first-order valence-corrected chi connectivity index (χ1v) is 27.0. The topological polar surface area (TPSA) is 6.48 Å². The van der Waals surface area contributed by atoms with Crippen LogP contribution in [-0.2, 0) is 32.5 Å². The molecule has 8 aromatic rings. The molecule has 0 atom stereocenters. The molecular weight excluding hydrogens is 880 g/mol. The van der Waals surface area contributed by atoms with Crippen LogP contribution in [0, 0.1) is 0 Å². The Hall–Kier alpha value is -6.58. The molecule has 0 saturated carbocycles. The van der Waals surface area contributed by atoms with Crippen molar-refractivity contribution in [2.24, 2.45) is 0 Å². The molecule has 0 N–H and O–H groups in total. The summed E-state index contributed by atoms with van der Waals surface area (Å²) in [6.07, 6.45) is 2.30. The normalized spacial score (nSPS) is 15.8. The molecule has 0 fully saturated rings. The van der Waals surface area contributed by atoms with E-state index in [0.717, 1.165) is 12.8 Å². The van der Waals surface area contributed by atoms with E-state index in [4.69, 9.17) is 0 Å². The number of nitrogens with zero attached hydrogens (tertiary/aromatic N) is 2. The minimum Gasteiger partial charge on any atom is -0.311 e. The first-order chi connectivity index (χ1) is 34.5. The Labute approximate surface area is 438 Å². The highest BCUT2D eigenvalue weighted by Gasteiger charge is 2.48. The predicted octanol–water partition coefficient (Wildman–Crippen LogP) is 17.0. The summed E-state index contributed by atoms with van der Waals surface area (Å²) in [6.45, 7) is 33.6. The minimum absolute atomic E-state index is 0.0119. The van der Waals surface area contributed by atoms with Crippen molar-refractivity contribution in [2.75, 3.05) is 9.80 Å². The monoisotopic (exact) mass is 955 g/mol. The third kappa shape index (κ3) is 8.08. The van der Waals surface area contributed by atoms with Crippen molar-refractivity contribution in [1.29, 1.82) is 0 Å². The Morgan fingerprint density at radius 2 is 0.822 bits per heavy atom. The van der Waals surface area contributed by atoms with Crippen molar-refractivity contribution in [3.63, 3.8) is 0 Å². The second kappa shape index (κ2) is 17.0. The average molecular weight is 955 g/mol. The molecule has 0 unspecified atom stereocenters. The molecule has 0 amide bonds. The van der Waals surface area contributed by atoms with Gasteiger partial charge in [0.25, 0.3) is 6.71 Å². The van der Waals surface area contributed by atoms with Crippen LogP contribution in [0.3, 0.4) is 0 Å². The summed E-state index contributed by atoms with van der Waals surface area (Å²) in [5, 5.41) is 0. The average Bonchev–Trinajstić information content (AvgIpc) is 3.37. The second-order valence-electron chi connectivity index (χ2n) is 26.2. The maximum Gasteiger partial charge on any atom is 0.252 e. The lowest BCUT2D eigenvalue weighted by Gasteiger charge is -2.48. The van der Waals surface area contributed by atoms with Crippen LogP contribution in [0.2, 0.25) is 0 Å². The smallest absolute Gasteiger partial charge is 0.252 e. The molecule has 8 aromatic carbocycles. The van der Waals surface area contributed by atoms with Crippen molar-refractivity contribution >= 4 is 57.2 Å². The molecule has 0 bridgehead atoms. The van der Waals surface area contributed by atoms with Gasteiger partial charge in [-0.1, -0.05) is 224 Å². The molecule has 0 radical (unpaired) electrons. The van der Waals surface area contributed by atoms with E-state index >= 15 is 0 Å². The van der Waals surface area contributed by atoms with Gasteiger partial charge in [0.2, 0.25) is 0 Å². The van der Waals surface area contributed by atoms with E-state index in [1.807, 2.05) is 0 Å². The van der Waals surface area contributed by atoms with Gasteiger partial charge in [-0.3, -0.25) is 0 Å². The lowest BCUT2D eigenvalue weighted by molar-refractivity contribution is 0.332. The second-order valence-corrected chi connectivity index (χ2v) is 26.2. The number of fused-ring (bicyclic) bond motifs is 5. The number of anilines is 6. The van der Waals surface area contributed by atoms with Crippen LogP contribution in [0.25, 0.3) is 11.1 Å². The van der Waals surface area contributed by atoms with Crippen LogP contribution >= 0.6 is 0 Å². The molecule has 0 spiro atoms. The van der Waals surface area contributed by atoms with Crippen LogP contribution in [0.15, 0.2) is 176 Å². The Morgan fingerprint density at radius 3 is 1.38 bits per heavy atom. The van der Waals surface area contributed by atoms with E-state index in [1.54, 1.807) is 0 Å². The predicted molar refractivity (Wildman–Crippen MR) is 316 cm³/mol. The van der Waals surface area contributed by atoms with Gasteiger partial charge in [0.05, 0.1) is 5.69 Å².